The van der Waals surface area contributed by atoms with Crippen molar-refractivity contribution >= 4 is 22.6 Å². The SMILES string of the molecule is CC(C)CCC[C@H](C)OC(=O)Nc1cccc2ccccc12. The Morgan fingerprint density at radius 3 is 2.55 bits per heavy atom. The molecule has 0 aliphatic rings. The maximum Gasteiger partial charge on any atom is 0.411 e. The van der Waals surface area contributed by atoms with Gasteiger partial charge in [-0.05, 0) is 37.1 Å². The van der Waals surface area contributed by atoms with Crippen molar-refractivity contribution in [2.75, 3.05) is 5.32 Å². The van der Waals surface area contributed by atoms with Crippen LogP contribution in [0.4, 0.5) is 10.5 Å². The van der Waals surface area contributed by atoms with Gasteiger partial charge in [0.15, 0.2) is 0 Å². The zero-order valence-corrected chi connectivity index (χ0v) is 13.6. The fourth-order valence-corrected chi connectivity index (χ4v) is 2.53. The van der Waals surface area contributed by atoms with Crippen molar-refractivity contribution in [3.63, 3.8) is 0 Å². The van der Waals surface area contributed by atoms with Crippen molar-refractivity contribution in [1.82, 2.24) is 0 Å². The molecule has 1 N–H and O–H groups in total. The minimum absolute atomic E-state index is 0.0614. The first-order valence-corrected chi connectivity index (χ1v) is 8.01. The lowest BCUT2D eigenvalue weighted by molar-refractivity contribution is 0.113. The Morgan fingerprint density at radius 2 is 1.77 bits per heavy atom. The molecule has 0 fully saturated rings. The molecular weight excluding hydrogens is 274 g/mol. The van der Waals surface area contributed by atoms with Crippen LogP contribution in [-0.2, 0) is 4.74 Å². The van der Waals surface area contributed by atoms with E-state index in [2.05, 4.69) is 19.2 Å². The van der Waals surface area contributed by atoms with Crippen LogP contribution in [0, 0.1) is 5.92 Å². The van der Waals surface area contributed by atoms with Crippen molar-refractivity contribution in [2.45, 2.75) is 46.1 Å². The van der Waals surface area contributed by atoms with E-state index in [1.165, 1.54) is 6.42 Å². The maximum atomic E-state index is 12.0. The van der Waals surface area contributed by atoms with Crippen LogP contribution in [0.15, 0.2) is 42.5 Å². The van der Waals surface area contributed by atoms with Crippen LogP contribution in [0.5, 0.6) is 0 Å². The molecule has 2 aromatic rings. The number of nitrogens with one attached hydrogen (secondary N) is 1. The number of amides is 1. The van der Waals surface area contributed by atoms with Gasteiger partial charge in [0.2, 0.25) is 0 Å². The number of carbonyl (C=O) groups excluding carboxylic acids is 1. The largest absolute Gasteiger partial charge is 0.446 e. The highest BCUT2D eigenvalue weighted by atomic mass is 16.6. The molecule has 1 amide bonds. The van der Waals surface area contributed by atoms with Gasteiger partial charge in [0.05, 0.1) is 5.69 Å². The summed E-state index contributed by atoms with van der Waals surface area (Å²) in [4.78, 5) is 12.0. The van der Waals surface area contributed by atoms with Crippen LogP contribution >= 0.6 is 0 Å². The summed E-state index contributed by atoms with van der Waals surface area (Å²) in [5.41, 5.74) is 0.789. The van der Waals surface area contributed by atoms with Gasteiger partial charge in [0.1, 0.15) is 6.10 Å². The lowest BCUT2D eigenvalue weighted by Gasteiger charge is -2.15. The molecule has 0 unspecified atom stereocenters. The van der Waals surface area contributed by atoms with E-state index in [-0.39, 0.29) is 12.2 Å². The van der Waals surface area contributed by atoms with Gasteiger partial charge < -0.3 is 4.74 Å². The van der Waals surface area contributed by atoms with Gasteiger partial charge in [0.25, 0.3) is 0 Å². The third kappa shape index (κ3) is 4.76. The quantitative estimate of drug-likeness (QED) is 0.753. The van der Waals surface area contributed by atoms with E-state index in [9.17, 15) is 4.79 Å². The van der Waals surface area contributed by atoms with E-state index in [1.807, 2.05) is 49.4 Å². The van der Waals surface area contributed by atoms with E-state index in [4.69, 9.17) is 4.74 Å². The highest BCUT2D eigenvalue weighted by molar-refractivity contribution is 6.00. The summed E-state index contributed by atoms with van der Waals surface area (Å²) < 4.78 is 5.43. The minimum atomic E-state index is -0.381. The predicted molar refractivity (Wildman–Crippen MR) is 92.2 cm³/mol. The molecule has 0 saturated carbocycles. The molecule has 0 spiro atoms. The Hall–Kier alpha value is -2.03. The Kier molecular flexibility index (Phi) is 5.82. The molecule has 0 aliphatic heterocycles. The first-order chi connectivity index (χ1) is 10.6. The number of rotatable bonds is 6. The molecular formula is C19H25NO2. The summed E-state index contributed by atoms with van der Waals surface area (Å²) in [5, 5.41) is 4.98. The molecule has 0 bridgehead atoms. The molecule has 118 valence electrons. The molecule has 0 aliphatic carbocycles. The third-order valence-electron chi connectivity index (χ3n) is 3.73. The van der Waals surface area contributed by atoms with Crippen LogP contribution in [-0.4, -0.2) is 12.2 Å². The Bertz CT molecular complexity index is 616. The van der Waals surface area contributed by atoms with Crippen molar-refractivity contribution in [2.24, 2.45) is 5.92 Å². The predicted octanol–water partition coefficient (Wildman–Crippen LogP) is 5.60. The lowest BCUT2D eigenvalue weighted by atomic mass is 10.0. The Labute approximate surface area is 132 Å². The van der Waals surface area contributed by atoms with Gasteiger partial charge in [-0.15, -0.1) is 0 Å². The van der Waals surface area contributed by atoms with E-state index in [1.54, 1.807) is 0 Å². The molecule has 0 saturated heterocycles. The van der Waals surface area contributed by atoms with Crippen LogP contribution in [0.3, 0.4) is 0 Å². The normalized spacial score (nSPS) is 12.4. The van der Waals surface area contributed by atoms with E-state index < -0.39 is 0 Å². The number of benzene rings is 2. The lowest BCUT2D eigenvalue weighted by Crippen LogP contribution is -2.20. The standard InChI is InChI=1S/C19H25NO2/c1-14(2)8-6-9-15(3)22-19(21)20-18-13-7-11-16-10-4-5-12-17(16)18/h4-5,7,10-15H,6,8-9H2,1-3H3,(H,20,21)/t15-/m0/s1. The summed E-state index contributed by atoms with van der Waals surface area (Å²) in [6, 6.07) is 13.8. The van der Waals surface area contributed by atoms with Crippen LogP contribution in [0.1, 0.15) is 40.0 Å². The summed E-state index contributed by atoms with van der Waals surface area (Å²) in [6.45, 7) is 6.36. The van der Waals surface area contributed by atoms with E-state index in [0.29, 0.717) is 5.92 Å². The Balaban J connectivity index is 1.91. The maximum absolute atomic E-state index is 12.0. The van der Waals surface area contributed by atoms with Gasteiger partial charge in [-0.3, -0.25) is 5.32 Å². The minimum Gasteiger partial charge on any atom is -0.446 e. The summed E-state index contributed by atoms with van der Waals surface area (Å²) in [7, 11) is 0. The van der Waals surface area contributed by atoms with E-state index in [0.717, 1.165) is 29.3 Å². The Morgan fingerprint density at radius 1 is 1.05 bits per heavy atom. The second-order valence-corrected chi connectivity index (χ2v) is 6.19. The number of ether oxygens (including phenoxy) is 1. The summed E-state index contributed by atoms with van der Waals surface area (Å²) >= 11 is 0. The van der Waals surface area contributed by atoms with Crippen molar-refractivity contribution in [3.05, 3.63) is 42.5 Å². The fourth-order valence-electron chi connectivity index (χ4n) is 2.53. The number of carbonyl (C=O) groups is 1. The van der Waals surface area contributed by atoms with Gasteiger partial charge >= 0.3 is 6.09 Å². The molecule has 3 nitrogen and oxygen atoms in total. The highest BCUT2D eigenvalue weighted by Gasteiger charge is 2.11. The average Bonchev–Trinajstić information content (AvgIpc) is 2.47. The molecule has 2 rings (SSSR count). The fraction of sp³-hybridized carbons (Fsp3) is 0.421. The van der Waals surface area contributed by atoms with E-state index >= 15 is 0 Å². The highest BCUT2D eigenvalue weighted by Crippen LogP contribution is 2.23. The van der Waals surface area contributed by atoms with Gasteiger partial charge in [-0.2, -0.15) is 0 Å². The molecule has 3 heteroatoms. The van der Waals surface area contributed by atoms with Crippen LogP contribution < -0.4 is 5.32 Å². The second kappa shape index (κ2) is 7.83. The number of hydrogen-bond donors (Lipinski definition) is 1. The first kappa shape index (κ1) is 16.3. The summed E-state index contributed by atoms with van der Waals surface area (Å²) in [6.07, 6.45) is 2.71. The second-order valence-electron chi connectivity index (χ2n) is 6.19. The van der Waals surface area contributed by atoms with Gasteiger partial charge in [-0.25, -0.2) is 4.79 Å². The van der Waals surface area contributed by atoms with Crippen molar-refractivity contribution in [1.29, 1.82) is 0 Å². The number of anilines is 1. The van der Waals surface area contributed by atoms with Crippen molar-refractivity contribution in [3.8, 4) is 0 Å². The molecule has 0 heterocycles. The monoisotopic (exact) mass is 299 g/mol. The zero-order chi connectivity index (χ0) is 15.9. The number of hydrogen-bond acceptors (Lipinski definition) is 2. The smallest absolute Gasteiger partial charge is 0.411 e. The molecule has 2 aromatic carbocycles. The van der Waals surface area contributed by atoms with Crippen LogP contribution in [0.2, 0.25) is 0 Å². The van der Waals surface area contributed by atoms with Gasteiger partial charge in [-0.1, -0.05) is 56.7 Å². The molecule has 1 atom stereocenters. The first-order valence-electron chi connectivity index (χ1n) is 8.01. The average molecular weight is 299 g/mol. The van der Waals surface area contributed by atoms with Crippen molar-refractivity contribution < 1.29 is 9.53 Å². The molecule has 22 heavy (non-hydrogen) atoms. The van der Waals surface area contributed by atoms with Gasteiger partial charge in [0, 0.05) is 5.39 Å². The summed E-state index contributed by atoms with van der Waals surface area (Å²) in [5.74, 6) is 0.691. The number of fused-ring (bicyclic) bond motifs is 1. The van der Waals surface area contributed by atoms with Crippen LogP contribution in [0.25, 0.3) is 10.8 Å². The zero-order valence-electron chi connectivity index (χ0n) is 13.6. The molecule has 0 radical (unpaired) electrons. The third-order valence-corrected chi connectivity index (χ3v) is 3.73. The molecule has 0 aromatic heterocycles. The topological polar surface area (TPSA) is 38.3 Å².